The Hall–Kier alpha value is -1.18. The standard InChI is InChI=1S/C11H15NO/c1-8-6-10-9(7-11(8)13)4-3-5-12(10)2/h6-7,13H,3-5H2,1-2H3. The van der Waals surface area contributed by atoms with Crippen molar-refractivity contribution in [3.8, 4) is 5.75 Å². The molecule has 13 heavy (non-hydrogen) atoms. The van der Waals surface area contributed by atoms with E-state index in [0.29, 0.717) is 5.75 Å². The number of phenols is 1. The van der Waals surface area contributed by atoms with Crippen LogP contribution < -0.4 is 4.90 Å². The molecule has 0 aliphatic carbocycles. The van der Waals surface area contributed by atoms with Gasteiger partial charge in [0.2, 0.25) is 0 Å². The van der Waals surface area contributed by atoms with Crippen LogP contribution in [0.5, 0.6) is 5.75 Å². The Labute approximate surface area is 78.8 Å². The third-order valence-electron chi connectivity index (χ3n) is 2.75. The minimum atomic E-state index is 0.425. The molecule has 0 spiro atoms. The fourth-order valence-electron chi connectivity index (χ4n) is 1.91. The van der Waals surface area contributed by atoms with Crippen molar-refractivity contribution in [3.63, 3.8) is 0 Å². The summed E-state index contributed by atoms with van der Waals surface area (Å²) in [4.78, 5) is 2.26. The van der Waals surface area contributed by atoms with Gasteiger partial charge < -0.3 is 10.0 Å². The highest BCUT2D eigenvalue weighted by molar-refractivity contribution is 5.59. The third-order valence-corrected chi connectivity index (χ3v) is 2.75. The van der Waals surface area contributed by atoms with E-state index in [0.717, 1.165) is 18.5 Å². The molecule has 0 amide bonds. The number of nitrogens with zero attached hydrogens (tertiary/aromatic N) is 1. The van der Waals surface area contributed by atoms with Gasteiger partial charge >= 0.3 is 0 Å². The second-order valence-corrected chi connectivity index (χ2v) is 3.79. The first-order valence-corrected chi connectivity index (χ1v) is 4.72. The summed E-state index contributed by atoms with van der Waals surface area (Å²) in [7, 11) is 2.11. The molecule has 0 bridgehead atoms. The summed E-state index contributed by atoms with van der Waals surface area (Å²) in [5, 5.41) is 9.54. The monoisotopic (exact) mass is 177 g/mol. The quantitative estimate of drug-likeness (QED) is 0.656. The van der Waals surface area contributed by atoms with Crippen LogP contribution in [-0.4, -0.2) is 18.7 Å². The van der Waals surface area contributed by atoms with Crippen molar-refractivity contribution in [1.29, 1.82) is 0 Å². The average Bonchev–Trinajstić information content (AvgIpc) is 2.09. The lowest BCUT2D eigenvalue weighted by atomic mass is 10.00. The molecule has 0 fully saturated rings. The molecule has 0 unspecified atom stereocenters. The lowest BCUT2D eigenvalue weighted by Gasteiger charge is -2.28. The molecular formula is C11H15NO. The number of rotatable bonds is 0. The molecule has 2 rings (SSSR count). The van der Waals surface area contributed by atoms with Gasteiger partial charge in [-0.2, -0.15) is 0 Å². The lowest BCUT2D eigenvalue weighted by molar-refractivity contribution is 0.470. The highest BCUT2D eigenvalue weighted by atomic mass is 16.3. The van der Waals surface area contributed by atoms with Crippen molar-refractivity contribution in [1.82, 2.24) is 0 Å². The number of benzene rings is 1. The second-order valence-electron chi connectivity index (χ2n) is 3.79. The molecule has 1 heterocycles. The normalized spacial score (nSPS) is 15.7. The zero-order valence-corrected chi connectivity index (χ0v) is 8.17. The summed E-state index contributed by atoms with van der Waals surface area (Å²) >= 11 is 0. The maximum Gasteiger partial charge on any atom is 0.118 e. The van der Waals surface area contributed by atoms with E-state index in [4.69, 9.17) is 0 Å². The van der Waals surface area contributed by atoms with Crippen LogP contribution in [0.25, 0.3) is 0 Å². The van der Waals surface area contributed by atoms with Crippen molar-refractivity contribution in [3.05, 3.63) is 23.3 Å². The topological polar surface area (TPSA) is 23.5 Å². The Bertz CT molecular complexity index is 333. The van der Waals surface area contributed by atoms with Gasteiger partial charge in [-0.1, -0.05) is 0 Å². The fraction of sp³-hybridized carbons (Fsp3) is 0.455. The van der Waals surface area contributed by atoms with Gasteiger partial charge in [-0.05, 0) is 43.0 Å². The third kappa shape index (κ3) is 1.37. The number of anilines is 1. The molecule has 0 radical (unpaired) electrons. The van der Waals surface area contributed by atoms with Crippen LogP contribution in [0.15, 0.2) is 12.1 Å². The number of aromatic hydroxyl groups is 1. The van der Waals surface area contributed by atoms with Crippen LogP contribution in [0.1, 0.15) is 17.5 Å². The van der Waals surface area contributed by atoms with Gasteiger partial charge in [-0.3, -0.25) is 0 Å². The molecule has 1 aliphatic rings. The summed E-state index contributed by atoms with van der Waals surface area (Å²) in [5.41, 5.74) is 3.52. The van der Waals surface area contributed by atoms with E-state index in [-0.39, 0.29) is 0 Å². The highest BCUT2D eigenvalue weighted by Crippen LogP contribution is 2.31. The van der Waals surface area contributed by atoms with E-state index >= 15 is 0 Å². The SMILES string of the molecule is Cc1cc2c(cc1O)CCCN2C. The molecule has 1 aliphatic heterocycles. The van der Waals surface area contributed by atoms with Crippen molar-refractivity contribution in [2.24, 2.45) is 0 Å². The number of hydrogen-bond acceptors (Lipinski definition) is 2. The van der Waals surface area contributed by atoms with Gasteiger partial charge in [0.25, 0.3) is 0 Å². The van der Waals surface area contributed by atoms with Crippen molar-refractivity contribution in [2.75, 3.05) is 18.5 Å². The fourth-order valence-corrected chi connectivity index (χ4v) is 1.91. The summed E-state index contributed by atoms with van der Waals surface area (Å²) in [6.45, 7) is 3.06. The lowest BCUT2D eigenvalue weighted by Crippen LogP contribution is -2.24. The Morgan fingerprint density at radius 2 is 2.15 bits per heavy atom. The smallest absolute Gasteiger partial charge is 0.118 e. The van der Waals surface area contributed by atoms with Crippen molar-refractivity contribution in [2.45, 2.75) is 19.8 Å². The summed E-state index contributed by atoms with van der Waals surface area (Å²) in [6, 6.07) is 3.98. The van der Waals surface area contributed by atoms with Crippen LogP contribution in [-0.2, 0) is 6.42 Å². The predicted octanol–water partition coefficient (Wildman–Crippen LogP) is 2.08. The average molecular weight is 177 g/mol. The Morgan fingerprint density at radius 1 is 1.38 bits per heavy atom. The minimum Gasteiger partial charge on any atom is -0.508 e. The van der Waals surface area contributed by atoms with E-state index in [1.165, 1.54) is 17.7 Å². The van der Waals surface area contributed by atoms with Gasteiger partial charge in [-0.25, -0.2) is 0 Å². The van der Waals surface area contributed by atoms with E-state index in [1.807, 2.05) is 13.0 Å². The van der Waals surface area contributed by atoms with Crippen LogP contribution in [0.2, 0.25) is 0 Å². The zero-order valence-electron chi connectivity index (χ0n) is 8.17. The van der Waals surface area contributed by atoms with Gasteiger partial charge in [0.15, 0.2) is 0 Å². The molecule has 0 aromatic heterocycles. The van der Waals surface area contributed by atoms with Crippen LogP contribution in [0.4, 0.5) is 5.69 Å². The largest absolute Gasteiger partial charge is 0.508 e. The Morgan fingerprint density at radius 3 is 2.92 bits per heavy atom. The molecule has 1 aromatic rings. The minimum absolute atomic E-state index is 0.425. The maximum atomic E-state index is 9.54. The number of fused-ring (bicyclic) bond motifs is 1. The maximum absolute atomic E-state index is 9.54. The van der Waals surface area contributed by atoms with E-state index in [9.17, 15) is 5.11 Å². The summed E-state index contributed by atoms with van der Waals surface area (Å²) < 4.78 is 0. The number of phenolic OH excluding ortho intramolecular Hbond substituents is 1. The molecule has 1 aromatic carbocycles. The zero-order chi connectivity index (χ0) is 9.42. The van der Waals surface area contributed by atoms with Crippen molar-refractivity contribution >= 4 is 5.69 Å². The Balaban J connectivity index is 2.52. The highest BCUT2D eigenvalue weighted by Gasteiger charge is 2.14. The molecule has 1 N–H and O–H groups in total. The first kappa shape index (κ1) is 8.42. The molecule has 0 saturated heterocycles. The van der Waals surface area contributed by atoms with E-state index in [1.54, 1.807) is 0 Å². The predicted molar refractivity (Wildman–Crippen MR) is 54.4 cm³/mol. The molecule has 2 heteroatoms. The van der Waals surface area contributed by atoms with E-state index < -0.39 is 0 Å². The molecule has 0 saturated carbocycles. The van der Waals surface area contributed by atoms with Crippen LogP contribution in [0.3, 0.4) is 0 Å². The first-order chi connectivity index (χ1) is 6.18. The van der Waals surface area contributed by atoms with Gasteiger partial charge in [0.1, 0.15) is 5.75 Å². The van der Waals surface area contributed by atoms with Crippen molar-refractivity contribution < 1.29 is 5.11 Å². The van der Waals surface area contributed by atoms with Gasteiger partial charge in [-0.15, -0.1) is 0 Å². The molecule has 70 valence electrons. The first-order valence-electron chi connectivity index (χ1n) is 4.72. The summed E-state index contributed by atoms with van der Waals surface area (Å²) in [5.74, 6) is 0.425. The number of aryl methyl sites for hydroxylation is 2. The van der Waals surface area contributed by atoms with E-state index in [2.05, 4.69) is 18.0 Å². The summed E-state index contributed by atoms with van der Waals surface area (Å²) in [6.07, 6.45) is 2.28. The molecule has 2 nitrogen and oxygen atoms in total. The Kier molecular flexibility index (Phi) is 1.91. The van der Waals surface area contributed by atoms with Gasteiger partial charge in [0.05, 0.1) is 0 Å². The number of hydrogen-bond donors (Lipinski definition) is 1. The molecule has 0 atom stereocenters. The van der Waals surface area contributed by atoms with Crippen LogP contribution in [0, 0.1) is 6.92 Å². The van der Waals surface area contributed by atoms with Gasteiger partial charge in [0, 0.05) is 19.3 Å². The van der Waals surface area contributed by atoms with Crippen LogP contribution >= 0.6 is 0 Å². The second kappa shape index (κ2) is 2.95. The molecular weight excluding hydrogens is 162 g/mol.